The molecule has 1 aromatic heterocycles. The number of benzene rings is 1. The zero-order chi connectivity index (χ0) is 20.3. The maximum Gasteiger partial charge on any atom is 0.303 e. The zero-order valence-corrected chi connectivity index (χ0v) is 17.1. The van der Waals surface area contributed by atoms with Crippen molar-refractivity contribution in [2.24, 2.45) is 11.8 Å². The number of fused-ring (bicyclic) bond motifs is 3. The molecule has 2 aliphatic rings. The normalized spacial score (nSPS) is 20.4. The molecule has 0 spiro atoms. The molecule has 0 aliphatic heterocycles. The molecule has 150 valence electrons. The number of carboxylic acids is 2. The van der Waals surface area contributed by atoms with Crippen LogP contribution in [0.15, 0.2) is 23.8 Å². The molecule has 2 aromatic rings. The Morgan fingerprint density at radius 2 is 1.89 bits per heavy atom. The Bertz CT molecular complexity index is 910. The van der Waals surface area contributed by atoms with E-state index in [4.69, 9.17) is 26.8 Å². The van der Waals surface area contributed by atoms with Crippen molar-refractivity contribution in [3.05, 3.63) is 33.8 Å². The molecular weight excluding hydrogens is 400 g/mol. The van der Waals surface area contributed by atoms with Crippen LogP contribution in [-0.4, -0.2) is 40.7 Å². The molecule has 0 unspecified atom stereocenters. The lowest BCUT2D eigenvalue weighted by Gasteiger charge is -2.18. The lowest BCUT2D eigenvalue weighted by Crippen LogP contribution is -2.16. The number of rotatable bonds is 6. The SMILES string of the molecule is CNCC1=C(c2nc3ccc(Cl)cc3s2)[C@H]2CC[C@@H]1C2.O=C(O)CCC(=O)O. The van der Waals surface area contributed by atoms with E-state index in [2.05, 4.69) is 5.32 Å². The number of halogens is 1. The largest absolute Gasteiger partial charge is 0.481 e. The number of hydrogen-bond acceptors (Lipinski definition) is 5. The minimum absolute atomic E-state index is 0.296. The Kier molecular flexibility index (Phi) is 6.69. The summed E-state index contributed by atoms with van der Waals surface area (Å²) in [6.45, 7) is 1.01. The number of carbonyl (C=O) groups is 2. The van der Waals surface area contributed by atoms with Gasteiger partial charge in [0.25, 0.3) is 0 Å². The highest BCUT2D eigenvalue weighted by Gasteiger charge is 2.40. The maximum absolute atomic E-state index is 9.64. The van der Waals surface area contributed by atoms with Crippen LogP contribution in [0, 0.1) is 11.8 Å². The predicted molar refractivity (Wildman–Crippen MR) is 111 cm³/mol. The van der Waals surface area contributed by atoms with Crippen LogP contribution in [0.5, 0.6) is 0 Å². The summed E-state index contributed by atoms with van der Waals surface area (Å²) in [5.74, 6) is -0.628. The molecule has 2 atom stereocenters. The molecule has 0 saturated heterocycles. The smallest absolute Gasteiger partial charge is 0.303 e. The van der Waals surface area contributed by atoms with Gasteiger partial charge in [0.1, 0.15) is 5.01 Å². The summed E-state index contributed by atoms with van der Waals surface area (Å²) in [4.78, 5) is 24.1. The Labute approximate surface area is 172 Å². The van der Waals surface area contributed by atoms with Crippen molar-refractivity contribution in [2.75, 3.05) is 13.6 Å². The van der Waals surface area contributed by atoms with Gasteiger partial charge in [-0.15, -0.1) is 11.3 Å². The fourth-order valence-corrected chi connectivity index (χ4v) is 5.41. The second kappa shape index (κ2) is 9.03. The van der Waals surface area contributed by atoms with E-state index in [0.29, 0.717) is 0 Å². The van der Waals surface area contributed by atoms with Gasteiger partial charge in [-0.3, -0.25) is 9.59 Å². The molecule has 1 fully saturated rings. The highest BCUT2D eigenvalue weighted by atomic mass is 35.5. The first-order valence-corrected chi connectivity index (χ1v) is 10.5. The molecule has 0 radical (unpaired) electrons. The van der Waals surface area contributed by atoms with Crippen molar-refractivity contribution >= 4 is 50.7 Å². The summed E-state index contributed by atoms with van der Waals surface area (Å²) in [6.07, 6.45) is 3.44. The van der Waals surface area contributed by atoms with Crippen molar-refractivity contribution in [1.82, 2.24) is 10.3 Å². The number of likely N-dealkylation sites (N-methyl/N-ethyl adjacent to an activating group) is 1. The second-order valence-electron chi connectivity index (χ2n) is 7.09. The number of hydrogen-bond donors (Lipinski definition) is 3. The molecule has 3 N–H and O–H groups in total. The van der Waals surface area contributed by atoms with Gasteiger partial charge >= 0.3 is 11.9 Å². The quantitative estimate of drug-likeness (QED) is 0.642. The summed E-state index contributed by atoms with van der Waals surface area (Å²) in [5, 5.41) is 21.2. The zero-order valence-electron chi connectivity index (χ0n) is 15.6. The molecular formula is C20H23ClN2O4S. The molecule has 6 nitrogen and oxygen atoms in total. The number of aromatic nitrogens is 1. The Balaban J connectivity index is 0.000000242. The third-order valence-electron chi connectivity index (χ3n) is 5.18. The summed E-state index contributed by atoms with van der Waals surface area (Å²) in [7, 11) is 2.04. The summed E-state index contributed by atoms with van der Waals surface area (Å²) < 4.78 is 1.20. The van der Waals surface area contributed by atoms with Crippen molar-refractivity contribution < 1.29 is 19.8 Å². The summed E-state index contributed by atoms with van der Waals surface area (Å²) in [6, 6.07) is 5.99. The third kappa shape index (κ3) is 4.71. The second-order valence-corrected chi connectivity index (χ2v) is 8.56. The average Bonchev–Trinajstić information content (AvgIpc) is 3.34. The number of nitrogens with one attached hydrogen (secondary N) is 1. The molecule has 4 rings (SSSR count). The first kappa shape index (κ1) is 20.8. The van der Waals surface area contributed by atoms with Gasteiger partial charge in [0.15, 0.2) is 0 Å². The molecule has 2 bridgehead atoms. The number of allylic oxidation sites excluding steroid dienone is 1. The van der Waals surface area contributed by atoms with Gasteiger partial charge in [0, 0.05) is 11.6 Å². The topological polar surface area (TPSA) is 99.5 Å². The highest BCUT2D eigenvalue weighted by molar-refractivity contribution is 7.19. The monoisotopic (exact) mass is 422 g/mol. The Morgan fingerprint density at radius 3 is 2.54 bits per heavy atom. The molecule has 1 heterocycles. The van der Waals surface area contributed by atoms with E-state index in [1.165, 1.54) is 34.5 Å². The molecule has 1 saturated carbocycles. The maximum atomic E-state index is 9.64. The van der Waals surface area contributed by atoms with Crippen molar-refractivity contribution in [3.8, 4) is 0 Å². The van der Waals surface area contributed by atoms with Crippen LogP contribution < -0.4 is 5.32 Å². The van der Waals surface area contributed by atoms with Gasteiger partial charge in [0.05, 0.1) is 23.1 Å². The van der Waals surface area contributed by atoms with E-state index in [1.807, 2.05) is 25.2 Å². The number of nitrogens with zero attached hydrogens (tertiary/aromatic N) is 1. The minimum Gasteiger partial charge on any atom is -0.481 e. The van der Waals surface area contributed by atoms with E-state index in [9.17, 15) is 9.59 Å². The Hall–Kier alpha value is -1.96. The van der Waals surface area contributed by atoms with E-state index in [1.54, 1.807) is 16.9 Å². The van der Waals surface area contributed by atoms with Gasteiger partial charge < -0.3 is 15.5 Å². The standard InChI is InChI=1S/C16H17ClN2S.C4H6O4/c1-18-8-12-9-2-3-10(6-9)15(12)16-19-13-5-4-11(17)7-14(13)20-16;5-3(6)1-2-4(7)8/h4-5,7,9-10,18H,2-3,6,8H2,1H3;1-2H2,(H,5,6)(H,7,8)/t9-,10+;/m1./s1. The highest BCUT2D eigenvalue weighted by Crippen LogP contribution is 2.53. The molecule has 2 aliphatic carbocycles. The summed E-state index contributed by atoms with van der Waals surface area (Å²) >= 11 is 7.88. The number of carboxylic acid groups (broad SMARTS) is 2. The van der Waals surface area contributed by atoms with Crippen LogP contribution in [-0.2, 0) is 9.59 Å². The summed E-state index contributed by atoms with van der Waals surface area (Å²) in [5.41, 5.74) is 4.22. The number of aliphatic carboxylic acids is 2. The van der Waals surface area contributed by atoms with Crippen molar-refractivity contribution in [1.29, 1.82) is 0 Å². The van der Waals surface area contributed by atoms with E-state index in [0.717, 1.165) is 28.9 Å². The van der Waals surface area contributed by atoms with Gasteiger partial charge in [-0.1, -0.05) is 11.6 Å². The molecule has 1 aromatic carbocycles. The van der Waals surface area contributed by atoms with Crippen LogP contribution in [0.2, 0.25) is 5.02 Å². The third-order valence-corrected chi connectivity index (χ3v) is 6.47. The fraction of sp³-hybridized carbons (Fsp3) is 0.450. The van der Waals surface area contributed by atoms with Crippen LogP contribution in [0.3, 0.4) is 0 Å². The van der Waals surface area contributed by atoms with E-state index >= 15 is 0 Å². The van der Waals surface area contributed by atoms with Gasteiger partial charge in [-0.2, -0.15) is 0 Å². The average molecular weight is 423 g/mol. The van der Waals surface area contributed by atoms with Crippen molar-refractivity contribution in [3.63, 3.8) is 0 Å². The van der Waals surface area contributed by atoms with Gasteiger partial charge in [-0.05, 0) is 67.5 Å². The van der Waals surface area contributed by atoms with Crippen LogP contribution in [0.4, 0.5) is 0 Å². The van der Waals surface area contributed by atoms with E-state index < -0.39 is 11.9 Å². The molecule has 28 heavy (non-hydrogen) atoms. The lowest BCUT2D eigenvalue weighted by atomic mass is 9.92. The minimum atomic E-state index is -1.08. The van der Waals surface area contributed by atoms with E-state index in [-0.39, 0.29) is 12.8 Å². The molecule has 0 amide bonds. The predicted octanol–water partition coefficient (Wildman–Crippen LogP) is 4.29. The van der Waals surface area contributed by atoms with Crippen LogP contribution in [0.25, 0.3) is 15.8 Å². The fourth-order valence-electron chi connectivity index (χ4n) is 4.01. The first-order chi connectivity index (χ1) is 13.4. The Morgan fingerprint density at radius 1 is 1.21 bits per heavy atom. The van der Waals surface area contributed by atoms with Crippen LogP contribution >= 0.6 is 22.9 Å². The van der Waals surface area contributed by atoms with Crippen molar-refractivity contribution in [2.45, 2.75) is 32.1 Å². The van der Waals surface area contributed by atoms with Crippen LogP contribution in [0.1, 0.15) is 37.1 Å². The number of thiazole rings is 1. The first-order valence-electron chi connectivity index (χ1n) is 9.26. The molecule has 8 heteroatoms. The van der Waals surface area contributed by atoms with Gasteiger partial charge in [0.2, 0.25) is 0 Å². The lowest BCUT2D eigenvalue weighted by molar-refractivity contribution is -0.143. The van der Waals surface area contributed by atoms with Gasteiger partial charge in [-0.25, -0.2) is 4.98 Å².